The summed E-state index contributed by atoms with van der Waals surface area (Å²) in [5.74, 6) is 1.02. The number of halogens is 1. The van der Waals surface area contributed by atoms with Gasteiger partial charge in [-0.15, -0.1) is 0 Å². The van der Waals surface area contributed by atoms with Gasteiger partial charge in [0.1, 0.15) is 11.0 Å². The molecular weight excluding hydrogens is 198 g/mol. The second-order valence-corrected chi connectivity index (χ2v) is 4.31. The average molecular weight is 214 g/mol. The lowest BCUT2D eigenvalue weighted by Gasteiger charge is -2.11. The van der Waals surface area contributed by atoms with E-state index in [2.05, 4.69) is 10.3 Å². The third-order valence-electron chi connectivity index (χ3n) is 2.93. The van der Waals surface area contributed by atoms with Crippen molar-refractivity contribution in [1.82, 2.24) is 14.9 Å². The molecule has 14 heavy (non-hydrogen) atoms. The lowest BCUT2D eigenvalue weighted by Crippen LogP contribution is -2.26. The predicted octanol–water partition coefficient (Wildman–Crippen LogP) is 2.11. The van der Waals surface area contributed by atoms with Crippen molar-refractivity contribution in [1.29, 1.82) is 0 Å². The molecule has 1 aliphatic rings. The van der Waals surface area contributed by atoms with E-state index in [1.807, 2.05) is 11.6 Å². The van der Waals surface area contributed by atoms with Crippen LogP contribution in [0.2, 0.25) is 5.15 Å². The van der Waals surface area contributed by atoms with Crippen molar-refractivity contribution in [2.45, 2.75) is 38.3 Å². The van der Waals surface area contributed by atoms with E-state index in [0.29, 0.717) is 11.2 Å². The Labute approximate surface area is 89.5 Å². The van der Waals surface area contributed by atoms with E-state index in [-0.39, 0.29) is 0 Å². The Bertz CT molecular complexity index is 302. The Hall–Kier alpha value is -0.540. The molecular formula is C10H16ClN3. The van der Waals surface area contributed by atoms with Gasteiger partial charge in [0.2, 0.25) is 0 Å². The van der Waals surface area contributed by atoms with Crippen molar-refractivity contribution in [2.75, 3.05) is 0 Å². The molecule has 1 fully saturated rings. The summed E-state index contributed by atoms with van der Waals surface area (Å²) in [5.41, 5.74) is 0. The monoisotopic (exact) mass is 213 g/mol. The van der Waals surface area contributed by atoms with Gasteiger partial charge in [-0.25, -0.2) is 4.98 Å². The van der Waals surface area contributed by atoms with Gasteiger partial charge in [-0.2, -0.15) is 0 Å². The lowest BCUT2D eigenvalue weighted by molar-refractivity contribution is 0.507. The highest BCUT2D eigenvalue weighted by Crippen LogP contribution is 2.18. The largest absolute Gasteiger partial charge is 0.321 e. The second kappa shape index (κ2) is 4.32. The summed E-state index contributed by atoms with van der Waals surface area (Å²) in [5, 5.41) is 4.21. The van der Waals surface area contributed by atoms with Gasteiger partial charge in [0, 0.05) is 13.1 Å². The summed E-state index contributed by atoms with van der Waals surface area (Å²) in [7, 11) is 1.95. The van der Waals surface area contributed by atoms with Crippen LogP contribution in [0.4, 0.5) is 0 Å². The minimum Gasteiger partial charge on any atom is -0.321 e. The van der Waals surface area contributed by atoms with Gasteiger partial charge in [0.05, 0.1) is 12.7 Å². The van der Waals surface area contributed by atoms with E-state index in [1.165, 1.54) is 25.7 Å². The quantitative estimate of drug-likeness (QED) is 0.834. The summed E-state index contributed by atoms with van der Waals surface area (Å²) in [6.07, 6.45) is 7.03. The fourth-order valence-electron chi connectivity index (χ4n) is 1.95. The zero-order chi connectivity index (χ0) is 9.97. The maximum Gasteiger partial charge on any atom is 0.128 e. The molecule has 4 heteroatoms. The van der Waals surface area contributed by atoms with Crippen LogP contribution in [-0.4, -0.2) is 15.6 Å². The van der Waals surface area contributed by atoms with Crippen LogP contribution < -0.4 is 5.32 Å². The van der Waals surface area contributed by atoms with E-state index in [4.69, 9.17) is 11.6 Å². The number of imidazole rings is 1. The molecule has 0 radical (unpaired) electrons. The fraction of sp³-hybridized carbons (Fsp3) is 0.700. The summed E-state index contributed by atoms with van der Waals surface area (Å²) in [6.45, 7) is 0.827. The molecule has 0 aliphatic heterocycles. The van der Waals surface area contributed by atoms with E-state index in [9.17, 15) is 0 Å². The van der Waals surface area contributed by atoms with Crippen LogP contribution in [0.1, 0.15) is 31.5 Å². The van der Waals surface area contributed by atoms with Crippen LogP contribution in [0.25, 0.3) is 0 Å². The Kier molecular flexibility index (Phi) is 3.08. The number of hydrogen-bond acceptors (Lipinski definition) is 2. The molecule has 1 aromatic rings. The summed E-state index contributed by atoms with van der Waals surface area (Å²) >= 11 is 5.90. The number of hydrogen-bond donors (Lipinski definition) is 1. The Morgan fingerprint density at radius 3 is 2.86 bits per heavy atom. The first kappa shape index (κ1) is 9.99. The van der Waals surface area contributed by atoms with Crippen LogP contribution in [-0.2, 0) is 13.6 Å². The lowest BCUT2D eigenvalue weighted by atomic mass is 10.2. The standard InChI is InChI=1S/C10H16ClN3/c1-14-9(11)6-13-10(14)7-12-8-4-2-3-5-8/h6,8,12H,2-5,7H2,1H3. The predicted molar refractivity (Wildman–Crippen MR) is 57.3 cm³/mol. The Morgan fingerprint density at radius 1 is 1.57 bits per heavy atom. The maximum atomic E-state index is 5.90. The molecule has 1 aliphatic carbocycles. The van der Waals surface area contributed by atoms with Gasteiger partial charge in [0.15, 0.2) is 0 Å². The topological polar surface area (TPSA) is 29.9 Å². The van der Waals surface area contributed by atoms with Crippen LogP contribution in [0, 0.1) is 0 Å². The van der Waals surface area contributed by atoms with Gasteiger partial charge >= 0.3 is 0 Å². The fourth-order valence-corrected chi connectivity index (χ4v) is 2.10. The van der Waals surface area contributed by atoms with Crippen LogP contribution >= 0.6 is 11.6 Å². The smallest absolute Gasteiger partial charge is 0.128 e. The SMILES string of the molecule is Cn1c(Cl)cnc1CNC1CCCC1. The Morgan fingerprint density at radius 2 is 2.29 bits per heavy atom. The highest BCUT2D eigenvalue weighted by molar-refractivity contribution is 6.29. The van der Waals surface area contributed by atoms with Crippen molar-refractivity contribution < 1.29 is 0 Å². The molecule has 0 unspecified atom stereocenters. The first-order valence-electron chi connectivity index (χ1n) is 5.17. The Balaban J connectivity index is 1.88. The molecule has 0 amide bonds. The van der Waals surface area contributed by atoms with Gasteiger partial charge in [-0.1, -0.05) is 24.4 Å². The van der Waals surface area contributed by atoms with Gasteiger partial charge in [-0.3, -0.25) is 0 Å². The molecule has 0 saturated heterocycles. The van der Waals surface area contributed by atoms with E-state index < -0.39 is 0 Å². The summed E-state index contributed by atoms with van der Waals surface area (Å²) in [4.78, 5) is 4.24. The normalized spacial score (nSPS) is 17.9. The summed E-state index contributed by atoms with van der Waals surface area (Å²) < 4.78 is 1.92. The molecule has 1 N–H and O–H groups in total. The minimum atomic E-state index is 0.686. The molecule has 1 saturated carbocycles. The van der Waals surface area contributed by atoms with E-state index >= 15 is 0 Å². The van der Waals surface area contributed by atoms with Gasteiger partial charge < -0.3 is 9.88 Å². The maximum absolute atomic E-state index is 5.90. The number of nitrogens with zero attached hydrogens (tertiary/aromatic N) is 2. The van der Waals surface area contributed by atoms with Crippen molar-refractivity contribution >= 4 is 11.6 Å². The second-order valence-electron chi connectivity index (χ2n) is 3.92. The van der Waals surface area contributed by atoms with E-state index in [0.717, 1.165) is 12.4 Å². The van der Waals surface area contributed by atoms with Crippen LogP contribution in [0.15, 0.2) is 6.20 Å². The molecule has 0 atom stereocenters. The summed E-state index contributed by atoms with van der Waals surface area (Å²) in [6, 6.07) is 0.686. The highest BCUT2D eigenvalue weighted by atomic mass is 35.5. The number of aromatic nitrogens is 2. The zero-order valence-electron chi connectivity index (χ0n) is 8.46. The molecule has 78 valence electrons. The third-order valence-corrected chi connectivity index (χ3v) is 3.28. The molecule has 0 spiro atoms. The zero-order valence-corrected chi connectivity index (χ0v) is 9.22. The number of rotatable bonds is 3. The van der Waals surface area contributed by atoms with Crippen LogP contribution in [0.5, 0.6) is 0 Å². The highest BCUT2D eigenvalue weighted by Gasteiger charge is 2.14. The van der Waals surface area contributed by atoms with Crippen molar-refractivity contribution in [3.63, 3.8) is 0 Å². The third kappa shape index (κ3) is 2.10. The van der Waals surface area contributed by atoms with Crippen molar-refractivity contribution in [3.05, 3.63) is 17.2 Å². The van der Waals surface area contributed by atoms with E-state index in [1.54, 1.807) is 6.20 Å². The van der Waals surface area contributed by atoms with Crippen molar-refractivity contribution in [2.24, 2.45) is 7.05 Å². The molecule has 3 nitrogen and oxygen atoms in total. The first-order chi connectivity index (χ1) is 6.77. The molecule has 1 aromatic heterocycles. The first-order valence-corrected chi connectivity index (χ1v) is 5.54. The minimum absolute atomic E-state index is 0.686. The molecule has 0 aromatic carbocycles. The average Bonchev–Trinajstić information content (AvgIpc) is 2.77. The van der Waals surface area contributed by atoms with Crippen molar-refractivity contribution in [3.8, 4) is 0 Å². The van der Waals surface area contributed by atoms with Gasteiger partial charge in [-0.05, 0) is 12.8 Å². The van der Waals surface area contributed by atoms with Gasteiger partial charge in [0.25, 0.3) is 0 Å². The molecule has 1 heterocycles. The molecule has 0 bridgehead atoms. The molecule has 2 rings (SSSR count). The van der Waals surface area contributed by atoms with Crippen LogP contribution in [0.3, 0.4) is 0 Å². The number of nitrogens with one attached hydrogen (secondary N) is 1.